The van der Waals surface area contributed by atoms with E-state index < -0.39 is 6.55 Å². The Morgan fingerprint density at radius 1 is 1.73 bits per heavy atom. The SMILES string of the molecule is O=CN(c1cn[nH]c1)C(F)F. The van der Waals surface area contributed by atoms with Crippen molar-refractivity contribution in [1.82, 2.24) is 10.2 Å². The molecule has 0 bridgehead atoms. The van der Waals surface area contributed by atoms with Gasteiger partial charge in [0.25, 0.3) is 0 Å². The van der Waals surface area contributed by atoms with Gasteiger partial charge in [0.2, 0.25) is 6.41 Å². The second-order valence-corrected chi connectivity index (χ2v) is 1.75. The number of nitrogens with one attached hydrogen (secondary N) is 1. The molecule has 1 heterocycles. The Bertz CT molecular complexity index is 224. The van der Waals surface area contributed by atoms with Gasteiger partial charge < -0.3 is 0 Å². The molecular formula is C5H5F2N3O. The minimum atomic E-state index is -2.83. The number of amides is 1. The number of carbonyl (C=O) groups excluding carboxylic acids is 1. The summed E-state index contributed by atoms with van der Waals surface area (Å²) in [5, 5.41) is 5.73. The number of anilines is 1. The molecule has 6 heteroatoms. The van der Waals surface area contributed by atoms with Gasteiger partial charge in [0.05, 0.1) is 11.9 Å². The maximum atomic E-state index is 11.9. The fourth-order valence-corrected chi connectivity index (χ4v) is 0.605. The zero-order valence-corrected chi connectivity index (χ0v) is 5.37. The molecule has 0 aliphatic heterocycles. The fraction of sp³-hybridized carbons (Fsp3) is 0.200. The van der Waals surface area contributed by atoms with Crippen molar-refractivity contribution in [3.05, 3.63) is 12.4 Å². The van der Waals surface area contributed by atoms with Gasteiger partial charge in [-0.05, 0) is 0 Å². The first-order valence-electron chi connectivity index (χ1n) is 2.76. The number of H-pyrrole nitrogens is 1. The van der Waals surface area contributed by atoms with E-state index in [0.717, 1.165) is 6.20 Å². The fourth-order valence-electron chi connectivity index (χ4n) is 0.605. The number of hydrogen-bond acceptors (Lipinski definition) is 2. The van der Waals surface area contributed by atoms with Crippen molar-refractivity contribution in [2.45, 2.75) is 6.55 Å². The molecule has 0 saturated carbocycles. The molecule has 0 aliphatic carbocycles. The first-order chi connectivity index (χ1) is 5.25. The minimum Gasteiger partial charge on any atom is -0.284 e. The molecule has 0 atom stereocenters. The molecule has 0 spiro atoms. The van der Waals surface area contributed by atoms with E-state index in [-0.39, 0.29) is 17.0 Å². The lowest BCUT2D eigenvalue weighted by Gasteiger charge is -2.11. The maximum absolute atomic E-state index is 11.9. The summed E-state index contributed by atoms with van der Waals surface area (Å²) >= 11 is 0. The van der Waals surface area contributed by atoms with E-state index in [1.807, 2.05) is 0 Å². The van der Waals surface area contributed by atoms with Crippen molar-refractivity contribution < 1.29 is 13.6 Å². The summed E-state index contributed by atoms with van der Waals surface area (Å²) in [6.45, 7) is -2.83. The predicted molar refractivity (Wildman–Crippen MR) is 33.1 cm³/mol. The van der Waals surface area contributed by atoms with Crippen LogP contribution in [-0.4, -0.2) is 23.2 Å². The van der Waals surface area contributed by atoms with Crippen LogP contribution >= 0.6 is 0 Å². The monoisotopic (exact) mass is 161 g/mol. The van der Waals surface area contributed by atoms with Crippen LogP contribution < -0.4 is 4.90 Å². The van der Waals surface area contributed by atoms with Gasteiger partial charge in [-0.3, -0.25) is 14.8 Å². The summed E-state index contributed by atoms with van der Waals surface area (Å²) in [5.74, 6) is 0. The molecule has 1 aromatic heterocycles. The summed E-state index contributed by atoms with van der Waals surface area (Å²) in [7, 11) is 0. The van der Waals surface area contributed by atoms with Gasteiger partial charge in [0, 0.05) is 6.20 Å². The van der Waals surface area contributed by atoms with E-state index >= 15 is 0 Å². The van der Waals surface area contributed by atoms with Crippen LogP contribution in [0, 0.1) is 0 Å². The number of alkyl halides is 2. The highest BCUT2D eigenvalue weighted by molar-refractivity contribution is 5.74. The maximum Gasteiger partial charge on any atom is 0.321 e. The molecule has 1 amide bonds. The number of halogens is 2. The highest BCUT2D eigenvalue weighted by atomic mass is 19.3. The van der Waals surface area contributed by atoms with E-state index in [0.29, 0.717) is 0 Å². The van der Waals surface area contributed by atoms with Crippen LogP contribution in [0.2, 0.25) is 0 Å². The Hall–Kier alpha value is -1.46. The minimum absolute atomic E-state index is 0.0509. The molecular weight excluding hydrogens is 156 g/mol. The van der Waals surface area contributed by atoms with E-state index in [9.17, 15) is 13.6 Å². The third-order valence-electron chi connectivity index (χ3n) is 1.11. The largest absolute Gasteiger partial charge is 0.321 e. The molecule has 0 radical (unpaired) electrons. The van der Waals surface area contributed by atoms with Gasteiger partial charge in [-0.25, -0.2) is 0 Å². The van der Waals surface area contributed by atoms with Gasteiger partial charge >= 0.3 is 6.55 Å². The van der Waals surface area contributed by atoms with Crippen molar-refractivity contribution in [3.8, 4) is 0 Å². The third-order valence-corrected chi connectivity index (χ3v) is 1.11. The third kappa shape index (κ3) is 1.51. The number of aromatic nitrogens is 2. The number of rotatable bonds is 3. The van der Waals surface area contributed by atoms with Crippen LogP contribution in [0.15, 0.2) is 12.4 Å². The predicted octanol–water partition coefficient (Wildman–Crippen LogP) is 0.595. The molecule has 1 rings (SSSR count). The van der Waals surface area contributed by atoms with E-state index in [1.54, 1.807) is 0 Å². The van der Waals surface area contributed by atoms with Gasteiger partial charge in [0.15, 0.2) is 0 Å². The normalized spacial score (nSPS) is 10.1. The zero-order chi connectivity index (χ0) is 8.27. The average Bonchev–Trinajstić information content (AvgIpc) is 2.40. The second kappa shape index (κ2) is 3.09. The lowest BCUT2D eigenvalue weighted by atomic mass is 10.5. The van der Waals surface area contributed by atoms with Gasteiger partial charge in [0.1, 0.15) is 0 Å². The van der Waals surface area contributed by atoms with E-state index in [2.05, 4.69) is 10.2 Å². The van der Waals surface area contributed by atoms with Crippen molar-refractivity contribution in [2.75, 3.05) is 4.90 Å². The smallest absolute Gasteiger partial charge is 0.284 e. The lowest BCUT2D eigenvalue weighted by Crippen LogP contribution is -2.26. The molecule has 0 saturated heterocycles. The Balaban J connectivity index is 2.79. The Morgan fingerprint density at radius 3 is 2.82 bits per heavy atom. The van der Waals surface area contributed by atoms with Crippen LogP contribution in [0.5, 0.6) is 0 Å². The summed E-state index contributed by atoms with van der Waals surface area (Å²) in [4.78, 5) is 10.3. The van der Waals surface area contributed by atoms with Crippen molar-refractivity contribution in [2.24, 2.45) is 0 Å². The molecule has 4 nitrogen and oxygen atoms in total. The lowest BCUT2D eigenvalue weighted by molar-refractivity contribution is -0.109. The summed E-state index contributed by atoms with van der Waals surface area (Å²) in [5.41, 5.74) is 0.0509. The molecule has 60 valence electrons. The van der Waals surface area contributed by atoms with Gasteiger partial charge in [-0.1, -0.05) is 0 Å². The second-order valence-electron chi connectivity index (χ2n) is 1.75. The van der Waals surface area contributed by atoms with Crippen LogP contribution in [0.25, 0.3) is 0 Å². The number of nitrogens with zero attached hydrogens (tertiary/aromatic N) is 2. The Morgan fingerprint density at radius 2 is 2.45 bits per heavy atom. The summed E-state index contributed by atoms with van der Waals surface area (Å²) in [6.07, 6.45) is 2.40. The first kappa shape index (κ1) is 7.64. The highest BCUT2D eigenvalue weighted by Gasteiger charge is 2.15. The average molecular weight is 161 g/mol. The Labute approximate surface area is 60.8 Å². The van der Waals surface area contributed by atoms with Crippen molar-refractivity contribution in [1.29, 1.82) is 0 Å². The van der Waals surface area contributed by atoms with E-state index in [4.69, 9.17) is 0 Å². The molecule has 0 fully saturated rings. The molecule has 1 N–H and O–H groups in total. The zero-order valence-electron chi connectivity index (χ0n) is 5.37. The van der Waals surface area contributed by atoms with Crippen LogP contribution in [0.4, 0.5) is 14.5 Å². The van der Waals surface area contributed by atoms with Gasteiger partial charge in [-0.15, -0.1) is 0 Å². The van der Waals surface area contributed by atoms with Crippen LogP contribution in [-0.2, 0) is 4.79 Å². The quantitative estimate of drug-likeness (QED) is 0.521. The number of hydrogen-bond donors (Lipinski definition) is 1. The highest BCUT2D eigenvalue weighted by Crippen LogP contribution is 2.13. The van der Waals surface area contributed by atoms with E-state index in [1.165, 1.54) is 6.20 Å². The van der Waals surface area contributed by atoms with Crippen LogP contribution in [0.1, 0.15) is 0 Å². The molecule has 1 aromatic rings. The van der Waals surface area contributed by atoms with Gasteiger partial charge in [-0.2, -0.15) is 13.9 Å². The summed E-state index contributed by atoms with van der Waals surface area (Å²) < 4.78 is 23.8. The molecule has 0 aliphatic rings. The molecule has 11 heavy (non-hydrogen) atoms. The first-order valence-corrected chi connectivity index (χ1v) is 2.76. The molecule has 0 aromatic carbocycles. The van der Waals surface area contributed by atoms with Crippen molar-refractivity contribution in [3.63, 3.8) is 0 Å². The summed E-state index contributed by atoms with van der Waals surface area (Å²) in [6, 6.07) is 0. The number of aromatic amines is 1. The topological polar surface area (TPSA) is 49.0 Å². The van der Waals surface area contributed by atoms with Crippen molar-refractivity contribution >= 4 is 12.1 Å². The number of carbonyl (C=O) groups is 1. The molecule has 0 unspecified atom stereocenters. The van der Waals surface area contributed by atoms with Crippen LogP contribution in [0.3, 0.4) is 0 Å². The Kier molecular flexibility index (Phi) is 2.15. The standard InChI is InChI=1S/C5H5F2N3O/c6-5(7)10(3-11)4-1-8-9-2-4/h1-3,5H,(H,8,9).